The maximum atomic E-state index is 6.79. The van der Waals surface area contributed by atoms with Gasteiger partial charge in [-0.3, -0.25) is 0 Å². The van der Waals surface area contributed by atoms with Crippen molar-refractivity contribution in [2.45, 2.75) is 71.6 Å². The van der Waals surface area contributed by atoms with E-state index in [1.807, 2.05) is 11.3 Å². The Hall–Kier alpha value is -6.56. The molecule has 5 heterocycles. The summed E-state index contributed by atoms with van der Waals surface area (Å²) in [5.74, 6) is 0. The van der Waals surface area contributed by atoms with E-state index in [1.54, 1.807) is 0 Å². The van der Waals surface area contributed by atoms with Gasteiger partial charge in [-0.25, -0.2) is 0 Å². The van der Waals surface area contributed by atoms with Crippen LogP contribution in [-0.4, -0.2) is 11.4 Å². The number of hydrogen-bond acceptors (Lipinski definition) is 3. The second-order valence-corrected chi connectivity index (χ2v) is 22.3. The number of thiophene rings is 1. The molecule has 2 aliphatic heterocycles. The van der Waals surface area contributed by atoms with Crippen molar-refractivity contribution >= 4 is 104 Å². The van der Waals surface area contributed by atoms with E-state index in [0.717, 1.165) is 21.9 Å². The minimum atomic E-state index is -0.155. The van der Waals surface area contributed by atoms with Crippen LogP contribution in [0, 0.1) is 0 Å². The molecule has 64 heavy (non-hydrogen) atoms. The van der Waals surface area contributed by atoms with E-state index in [0.29, 0.717) is 0 Å². The SMILES string of the molecule is CC(C)(C)c1ccc(N2B3c4cc5c(cc4-n4c6ccc(C(C)(C)C)cc6c6c7sc8ccccc8c7c(c3c64)-c3cc4c(cc32)oc2ccccc24)C(C)(C)c2ccccc2-5)cc1. The summed E-state index contributed by atoms with van der Waals surface area (Å²) in [6.45, 7) is 18.6. The van der Waals surface area contributed by atoms with Gasteiger partial charge in [0.05, 0.1) is 11.0 Å². The van der Waals surface area contributed by atoms with Crippen molar-refractivity contribution in [3.63, 3.8) is 0 Å². The topological polar surface area (TPSA) is 21.3 Å². The molecule has 3 nitrogen and oxygen atoms in total. The van der Waals surface area contributed by atoms with Crippen molar-refractivity contribution < 1.29 is 4.42 Å². The number of fused-ring (bicyclic) bond motifs is 19. The molecule has 8 aromatic carbocycles. The number of nitrogens with zero attached hydrogens (tertiary/aromatic N) is 2. The van der Waals surface area contributed by atoms with Crippen LogP contribution < -0.4 is 15.7 Å². The number of aromatic nitrogens is 1. The molecule has 308 valence electrons. The first-order chi connectivity index (χ1) is 30.8. The highest BCUT2D eigenvalue weighted by Crippen LogP contribution is 2.55. The van der Waals surface area contributed by atoms with Crippen LogP contribution >= 0.6 is 11.3 Å². The van der Waals surface area contributed by atoms with Crippen molar-refractivity contribution in [2.75, 3.05) is 4.81 Å². The van der Waals surface area contributed by atoms with Gasteiger partial charge in [-0.15, -0.1) is 11.3 Å². The van der Waals surface area contributed by atoms with Crippen molar-refractivity contribution in [1.29, 1.82) is 0 Å². The monoisotopic (exact) mass is 842 g/mol. The maximum absolute atomic E-state index is 6.79. The molecule has 0 N–H and O–H groups in total. The second-order valence-electron chi connectivity index (χ2n) is 21.3. The van der Waals surface area contributed by atoms with E-state index in [-0.39, 0.29) is 23.1 Å². The lowest BCUT2D eigenvalue weighted by molar-refractivity contribution is 0.590. The van der Waals surface area contributed by atoms with Gasteiger partial charge in [0.2, 0.25) is 0 Å². The van der Waals surface area contributed by atoms with Gasteiger partial charge in [-0.2, -0.15) is 0 Å². The Morgan fingerprint density at radius 2 is 1.28 bits per heavy atom. The Morgan fingerprint density at radius 3 is 2.08 bits per heavy atom. The molecule has 3 aromatic heterocycles. The molecule has 3 aliphatic rings. The first-order valence-electron chi connectivity index (χ1n) is 22.9. The van der Waals surface area contributed by atoms with E-state index in [4.69, 9.17) is 4.42 Å². The van der Waals surface area contributed by atoms with E-state index in [2.05, 4.69) is 204 Å². The van der Waals surface area contributed by atoms with Gasteiger partial charge in [0, 0.05) is 75.8 Å². The number of para-hydroxylation sites is 1. The molecule has 0 spiro atoms. The van der Waals surface area contributed by atoms with E-state index in [1.165, 1.54) is 114 Å². The third-order valence-corrected chi connectivity index (χ3v) is 16.5. The molecule has 0 saturated heterocycles. The smallest absolute Gasteiger partial charge is 0.333 e. The molecule has 5 heteroatoms. The van der Waals surface area contributed by atoms with Crippen LogP contribution in [0.1, 0.15) is 77.6 Å². The van der Waals surface area contributed by atoms with Gasteiger partial charge < -0.3 is 13.8 Å². The molecule has 14 rings (SSSR count). The van der Waals surface area contributed by atoms with Crippen LogP contribution in [0.5, 0.6) is 0 Å². The molecular formula is C59H47BN2OS. The summed E-state index contributed by atoms with van der Waals surface area (Å²) in [6, 6.07) is 53.6. The second kappa shape index (κ2) is 12.0. The Labute approximate surface area is 377 Å². The lowest BCUT2D eigenvalue weighted by atomic mass is 9.43. The van der Waals surface area contributed by atoms with Gasteiger partial charge in [0.25, 0.3) is 0 Å². The molecule has 0 unspecified atom stereocenters. The normalized spacial score (nSPS) is 14.9. The van der Waals surface area contributed by atoms with E-state index >= 15 is 0 Å². The number of anilines is 2. The minimum Gasteiger partial charge on any atom is -0.456 e. The molecule has 1 aliphatic carbocycles. The zero-order chi connectivity index (χ0) is 43.3. The predicted molar refractivity (Wildman–Crippen MR) is 275 cm³/mol. The number of furan rings is 1. The van der Waals surface area contributed by atoms with Gasteiger partial charge >= 0.3 is 6.85 Å². The lowest BCUT2D eigenvalue weighted by Crippen LogP contribution is -2.60. The lowest BCUT2D eigenvalue weighted by Gasteiger charge is -2.42. The van der Waals surface area contributed by atoms with E-state index in [9.17, 15) is 0 Å². The molecule has 0 atom stereocenters. The number of hydrogen-bond donors (Lipinski definition) is 0. The summed E-state index contributed by atoms with van der Waals surface area (Å²) >= 11 is 1.96. The largest absolute Gasteiger partial charge is 0.456 e. The highest BCUT2D eigenvalue weighted by atomic mass is 32.1. The molecule has 0 fully saturated rings. The fourth-order valence-corrected chi connectivity index (χ4v) is 13.3. The van der Waals surface area contributed by atoms with Crippen LogP contribution in [0.2, 0.25) is 0 Å². The van der Waals surface area contributed by atoms with Crippen LogP contribution in [0.4, 0.5) is 11.4 Å². The zero-order valence-electron chi connectivity index (χ0n) is 37.6. The predicted octanol–water partition coefficient (Wildman–Crippen LogP) is 15.2. The summed E-state index contributed by atoms with van der Waals surface area (Å²) in [4.78, 5) is 2.68. The zero-order valence-corrected chi connectivity index (χ0v) is 38.4. The Kier molecular flexibility index (Phi) is 6.89. The minimum absolute atomic E-state index is 0.0129. The molecule has 0 bridgehead atoms. The Bertz CT molecular complexity index is 3900. The standard InChI is InChI=1S/C59H47BN2OS/c1-57(2,3)32-21-24-34(25-22-32)62-46-31-49-39(36-16-10-13-19-48(36)63-49)28-41(46)51-52-37-17-11-14-20-50(37)64-56(52)53-40-27-33(58(4,5)6)23-26-45(40)61-47-30-43-38(29-44(47)60(62)54(51)55(53)61)35-15-9-12-18-42(35)59(43,7)8/h9-31H,1-8H3. The van der Waals surface area contributed by atoms with Gasteiger partial charge in [-0.1, -0.05) is 140 Å². The average Bonchev–Trinajstić information content (AvgIpc) is 4.01. The van der Waals surface area contributed by atoms with Gasteiger partial charge in [-0.05, 0) is 109 Å². The summed E-state index contributed by atoms with van der Waals surface area (Å²) in [6.07, 6.45) is 0. The van der Waals surface area contributed by atoms with Crippen LogP contribution in [-0.2, 0) is 16.2 Å². The van der Waals surface area contributed by atoms with Gasteiger partial charge in [0.15, 0.2) is 0 Å². The first kappa shape index (κ1) is 36.9. The van der Waals surface area contributed by atoms with Crippen molar-refractivity contribution in [3.8, 4) is 27.9 Å². The third-order valence-electron chi connectivity index (χ3n) is 15.3. The molecule has 0 amide bonds. The van der Waals surface area contributed by atoms with Crippen molar-refractivity contribution in [1.82, 2.24) is 4.57 Å². The number of rotatable bonds is 1. The fraction of sp³-hybridized carbons (Fsp3) is 0.186. The quantitative estimate of drug-likeness (QED) is 0.154. The highest BCUT2D eigenvalue weighted by Gasteiger charge is 2.48. The van der Waals surface area contributed by atoms with E-state index < -0.39 is 0 Å². The first-order valence-corrected chi connectivity index (χ1v) is 23.7. The fourth-order valence-electron chi connectivity index (χ4n) is 12.1. The molecular weight excluding hydrogens is 796 g/mol. The highest BCUT2D eigenvalue weighted by molar-refractivity contribution is 7.27. The Balaban J connectivity index is 1.23. The maximum Gasteiger partial charge on any atom is 0.333 e. The van der Waals surface area contributed by atoms with Crippen LogP contribution in [0.25, 0.3) is 91.9 Å². The number of benzene rings is 8. The van der Waals surface area contributed by atoms with Gasteiger partial charge in [0.1, 0.15) is 11.2 Å². The molecule has 11 aromatic rings. The molecule has 0 saturated carbocycles. The van der Waals surface area contributed by atoms with Crippen LogP contribution in [0.15, 0.2) is 144 Å². The summed E-state index contributed by atoms with van der Waals surface area (Å²) < 4.78 is 12.2. The van der Waals surface area contributed by atoms with Crippen molar-refractivity contribution in [2.24, 2.45) is 0 Å². The summed E-state index contributed by atoms with van der Waals surface area (Å²) in [5.41, 5.74) is 21.4. The summed E-state index contributed by atoms with van der Waals surface area (Å²) in [5, 5.41) is 7.69. The third kappa shape index (κ3) is 4.58. The Morgan fingerprint density at radius 1 is 0.562 bits per heavy atom. The van der Waals surface area contributed by atoms with Crippen LogP contribution in [0.3, 0.4) is 0 Å². The molecule has 0 radical (unpaired) electrons. The van der Waals surface area contributed by atoms with Crippen molar-refractivity contribution in [3.05, 3.63) is 162 Å². The summed E-state index contributed by atoms with van der Waals surface area (Å²) in [7, 11) is 0. The average molecular weight is 843 g/mol.